The molecule has 0 bridgehead atoms. The molecule has 2 aromatic carbocycles. The van der Waals surface area contributed by atoms with Crippen LogP contribution in [0.5, 0.6) is 11.5 Å². The third-order valence-electron chi connectivity index (χ3n) is 5.33. The molecule has 0 fully saturated rings. The third-order valence-corrected chi connectivity index (χ3v) is 6.77. The van der Waals surface area contributed by atoms with Gasteiger partial charge in [-0.1, -0.05) is 30.7 Å². The lowest BCUT2D eigenvalue weighted by Crippen LogP contribution is -2.51. The normalized spacial score (nSPS) is 11.9. The van der Waals surface area contributed by atoms with E-state index < -0.39 is 28.5 Å². The van der Waals surface area contributed by atoms with Crippen molar-refractivity contribution in [2.45, 2.75) is 32.9 Å². The molecule has 0 saturated heterocycles. The van der Waals surface area contributed by atoms with Crippen LogP contribution < -0.4 is 19.1 Å². The molecule has 2 rings (SSSR count). The van der Waals surface area contributed by atoms with E-state index in [1.54, 1.807) is 38.3 Å². The van der Waals surface area contributed by atoms with E-state index in [1.807, 2.05) is 6.92 Å². The summed E-state index contributed by atoms with van der Waals surface area (Å²) in [5.41, 5.74) is 0.965. The van der Waals surface area contributed by atoms with Crippen LogP contribution in [0.25, 0.3) is 0 Å². The Labute approximate surface area is 212 Å². The van der Waals surface area contributed by atoms with Gasteiger partial charge in [0, 0.05) is 13.1 Å². The molecule has 9 nitrogen and oxygen atoms in total. The fourth-order valence-corrected chi connectivity index (χ4v) is 4.42. The van der Waals surface area contributed by atoms with Crippen molar-refractivity contribution < 1.29 is 27.5 Å². The van der Waals surface area contributed by atoms with Crippen LogP contribution in [-0.4, -0.2) is 64.7 Å². The van der Waals surface area contributed by atoms with Crippen LogP contribution in [0.2, 0.25) is 5.02 Å². The zero-order valence-corrected chi connectivity index (χ0v) is 22.1. The molecule has 0 saturated carbocycles. The largest absolute Gasteiger partial charge is 0.497 e. The second-order valence-corrected chi connectivity index (χ2v) is 10.2. The van der Waals surface area contributed by atoms with Crippen LogP contribution in [0.1, 0.15) is 25.8 Å². The first-order chi connectivity index (χ1) is 16.5. The molecule has 2 aromatic rings. The van der Waals surface area contributed by atoms with Crippen molar-refractivity contribution in [1.82, 2.24) is 10.2 Å². The topological polar surface area (TPSA) is 105 Å². The average molecular weight is 526 g/mol. The highest BCUT2D eigenvalue weighted by Crippen LogP contribution is 2.30. The maximum Gasteiger partial charge on any atom is 0.244 e. The number of carbonyl (C=O) groups excluding carboxylic acids is 2. The summed E-state index contributed by atoms with van der Waals surface area (Å²) in [6.45, 7) is 3.59. The van der Waals surface area contributed by atoms with Gasteiger partial charge < -0.3 is 19.7 Å². The zero-order valence-electron chi connectivity index (χ0n) is 20.6. The summed E-state index contributed by atoms with van der Waals surface area (Å²) in [5.74, 6) is 0.155. The number of sulfonamides is 1. The summed E-state index contributed by atoms with van der Waals surface area (Å²) in [7, 11) is -0.859. The predicted octanol–water partition coefficient (Wildman–Crippen LogP) is 3.07. The second kappa shape index (κ2) is 12.6. The number of carbonyl (C=O) groups is 2. The molecular formula is C24H32ClN3O6S. The Bertz CT molecular complexity index is 1120. The molecule has 1 N–H and O–H groups in total. The second-order valence-electron chi connectivity index (χ2n) is 7.93. The lowest BCUT2D eigenvalue weighted by Gasteiger charge is -2.31. The Morgan fingerprint density at radius 2 is 1.74 bits per heavy atom. The molecule has 0 heterocycles. The molecule has 11 heteroatoms. The van der Waals surface area contributed by atoms with Crippen LogP contribution in [0.3, 0.4) is 0 Å². The summed E-state index contributed by atoms with van der Waals surface area (Å²) in [6, 6.07) is 10.7. The van der Waals surface area contributed by atoms with E-state index >= 15 is 0 Å². The number of hydrogen-bond acceptors (Lipinski definition) is 6. The van der Waals surface area contributed by atoms with Gasteiger partial charge in [0.2, 0.25) is 21.8 Å². The van der Waals surface area contributed by atoms with Crippen LogP contribution in [0.15, 0.2) is 42.5 Å². The van der Waals surface area contributed by atoms with Crippen molar-refractivity contribution >= 4 is 39.1 Å². The molecule has 0 spiro atoms. The van der Waals surface area contributed by atoms with Gasteiger partial charge in [0.25, 0.3) is 0 Å². The molecule has 0 aliphatic rings. The number of nitrogens with zero attached hydrogens (tertiary/aromatic N) is 2. The molecule has 2 amide bonds. The molecule has 1 atom stereocenters. The summed E-state index contributed by atoms with van der Waals surface area (Å²) in [5, 5.41) is 2.99. The SMILES string of the molecule is CCCNC(=O)C(C)N(Cc1ccc(OC)cc1)C(=O)CN(c1ccc(OC)c(Cl)c1)S(C)(=O)=O. The van der Waals surface area contributed by atoms with Gasteiger partial charge in [0.1, 0.15) is 24.1 Å². The number of methoxy groups -OCH3 is 2. The van der Waals surface area contributed by atoms with Gasteiger partial charge in [-0.25, -0.2) is 8.42 Å². The Hall–Kier alpha value is -2.98. The lowest BCUT2D eigenvalue weighted by atomic mass is 10.1. The number of benzene rings is 2. The summed E-state index contributed by atoms with van der Waals surface area (Å²) in [6.07, 6.45) is 1.74. The van der Waals surface area contributed by atoms with Gasteiger partial charge in [0.15, 0.2) is 0 Å². The quantitative estimate of drug-likeness (QED) is 0.456. The van der Waals surface area contributed by atoms with Gasteiger partial charge >= 0.3 is 0 Å². The fraction of sp³-hybridized carbons (Fsp3) is 0.417. The third kappa shape index (κ3) is 7.76. The standard InChI is InChI=1S/C24H32ClN3O6S/c1-6-13-26-24(30)17(2)27(15-18-7-10-20(33-3)11-8-18)23(29)16-28(35(5,31)32)19-9-12-22(34-4)21(25)14-19/h7-12,14,17H,6,13,15-16H2,1-5H3,(H,26,30). The van der Waals surface area contributed by atoms with Crippen molar-refractivity contribution in [3.05, 3.63) is 53.1 Å². The highest BCUT2D eigenvalue weighted by molar-refractivity contribution is 7.92. The van der Waals surface area contributed by atoms with Crippen molar-refractivity contribution in [2.24, 2.45) is 0 Å². The predicted molar refractivity (Wildman–Crippen MR) is 137 cm³/mol. The van der Waals surface area contributed by atoms with Crippen LogP contribution in [0.4, 0.5) is 5.69 Å². The Kier molecular flexibility index (Phi) is 10.2. The number of ether oxygens (including phenoxy) is 2. The summed E-state index contributed by atoms with van der Waals surface area (Å²) >= 11 is 6.19. The minimum absolute atomic E-state index is 0.102. The number of rotatable bonds is 12. The van der Waals surface area contributed by atoms with Crippen molar-refractivity contribution in [2.75, 3.05) is 37.9 Å². The molecule has 1 unspecified atom stereocenters. The van der Waals surface area contributed by atoms with Crippen LogP contribution in [-0.2, 0) is 26.2 Å². The maximum absolute atomic E-state index is 13.5. The molecule has 192 valence electrons. The molecule has 0 aliphatic heterocycles. The first kappa shape index (κ1) is 28.3. The van der Waals surface area contributed by atoms with E-state index in [2.05, 4.69) is 5.32 Å². The maximum atomic E-state index is 13.5. The lowest BCUT2D eigenvalue weighted by molar-refractivity contribution is -0.139. The first-order valence-electron chi connectivity index (χ1n) is 11.0. The Balaban J connectivity index is 2.39. The number of amides is 2. The minimum Gasteiger partial charge on any atom is -0.497 e. The van der Waals surface area contributed by atoms with E-state index in [0.29, 0.717) is 18.0 Å². The van der Waals surface area contributed by atoms with E-state index in [9.17, 15) is 18.0 Å². The molecule has 0 aromatic heterocycles. The molecule has 35 heavy (non-hydrogen) atoms. The highest BCUT2D eigenvalue weighted by Gasteiger charge is 2.30. The monoisotopic (exact) mass is 525 g/mol. The molecule has 0 radical (unpaired) electrons. The number of halogens is 1. The van der Waals surface area contributed by atoms with Crippen LogP contribution >= 0.6 is 11.6 Å². The Morgan fingerprint density at radius 3 is 2.26 bits per heavy atom. The molecule has 0 aliphatic carbocycles. The van der Waals surface area contributed by atoms with E-state index in [1.165, 1.54) is 30.2 Å². The first-order valence-corrected chi connectivity index (χ1v) is 13.3. The highest BCUT2D eigenvalue weighted by atomic mass is 35.5. The van der Waals surface area contributed by atoms with Gasteiger partial charge in [-0.05, 0) is 49.2 Å². The van der Waals surface area contributed by atoms with Gasteiger partial charge in [-0.2, -0.15) is 0 Å². The zero-order chi connectivity index (χ0) is 26.2. The van der Waals surface area contributed by atoms with Crippen molar-refractivity contribution in [3.63, 3.8) is 0 Å². The average Bonchev–Trinajstić information content (AvgIpc) is 2.83. The minimum atomic E-state index is -3.86. The van der Waals surface area contributed by atoms with E-state index in [-0.39, 0.29) is 23.2 Å². The Morgan fingerprint density at radius 1 is 1.09 bits per heavy atom. The van der Waals surface area contributed by atoms with Crippen molar-refractivity contribution in [1.29, 1.82) is 0 Å². The van der Waals surface area contributed by atoms with Crippen molar-refractivity contribution in [3.8, 4) is 11.5 Å². The van der Waals surface area contributed by atoms with Gasteiger partial charge in [-0.15, -0.1) is 0 Å². The number of nitrogens with one attached hydrogen (secondary N) is 1. The fourth-order valence-electron chi connectivity index (χ4n) is 3.33. The van der Waals surface area contributed by atoms with Crippen LogP contribution in [0, 0.1) is 0 Å². The molecular weight excluding hydrogens is 494 g/mol. The number of hydrogen-bond donors (Lipinski definition) is 1. The number of anilines is 1. The summed E-state index contributed by atoms with van der Waals surface area (Å²) < 4.78 is 36.5. The van der Waals surface area contributed by atoms with E-state index in [0.717, 1.165) is 22.5 Å². The van der Waals surface area contributed by atoms with Gasteiger partial charge in [0.05, 0.1) is 31.2 Å². The summed E-state index contributed by atoms with van der Waals surface area (Å²) in [4.78, 5) is 27.6. The smallest absolute Gasteiger partial charge is 0.244 e. The van der Waals surface area contributed by atoms with Gasteiger partial charge in [-0.3, -0.25) is 13.9 Å². The van der Waals surface area contributed by atoms with E-state index in [4.69, 9.17) is 21.1 Å².